The molecule has 34 heavy (non-hydrogen) atoms. The molecule has 10 heteroatoms. The molecule has 4 atom stereocenters. The number of nitrogens with two attached hydrogens (primary N) is 1. The zero-order valence-corrected chi connectivity index (χ0v) is 19.5. The average molecular weight is 500 g/mol. The van der Waals surface area contributed by atoms with Gasteiger partial charge in [-0.15, -0.1) is 0 Å². The first kappa shape index (κ1) is 26.2. The van der Waals surface area contributed by atoms with Crippen molar-refractivity contribution in [3.8, 4) is 0 Å². The maximum atomic E-state index is 13.5. The normalized spacial score (nSPS) is 23.1. The van der Waals surface area contributed by atoms with Gasteiger partial charge >= 0.3 is 0 Å². The number of halogens is 4. The molecule has 6 nitrogen and oxygen atoms in total. The van der Waals surface area contributed by atoms with E-state index in [2.05, 4.69) is 10.2 Å². The highest BCUT2D eigenvalue weighted by Crippen LogP contribution is 2.25. The zero-order valence-electron chi connectivity index (χ0n) is 18.7. The molecule has 1 heterocycles. The number of hydrogen-bond acceptors (Lipinski definition) is 6. The summed E-state index contributed by atoms with van der Waals surface area (Å²) in [5.41, 5.74) is 6.86. The first-order valence-corrected chi connectivity index (χ1v) is 11.3. The molecular formula is C24H29ClF3N3O3. The van der Waals surface area contributed by atoms with Crippen molar-refractivity contribution in [3.63, 3.8) is 0 Å². The van der Waals surface area contributed by atoms with E-state index in [9.17, 15) is 23.4 Å². The van der Waals surface area contributed by atoms with E-state index in [1.165, 1.54) is 6.20 Å². The number of nitrogens with zero attached hydrogens (tertiary/aromatic N) is 1. The van der Waals surface area contributed by atoms with Gasteiger partial charge in [-0.05, 0) is 55.7 Å². The van der Waals surface area contributed by atoms with Crippen molar-refractivity contribution in [2.75, 3.05) is 25.1 Å². The van der Waals surface area contributed by atoms with Crippen molar-refractivity contribution in [3.05, 3.63) is 70.6 Å². The van der Waals surface area contributed by atoms with E-state index in [0.717, 1.165) is 30.8 Å². The van der Waals surface area contributed by atoms with Crippen LogP contribution in [0, 0.1) is 17.5 Å². The van der Waals surface area contributed by atoms with Gasteiger partial charge in [-0.1, -0.05) is 11.6 Å². The fourth-order valence-electron chi connectivity index (χ4n) is 3.95. The highest BCUT2D eigenvalue weighted by Gasteiger charge is 2.36. The Morgan fingerprint density at radius 1 is 1.24 bits per heavy atom. The summed E-state index contributed by atoms with van der Waals surface area (Å²) in [6.07, 6.45) is 1.18. The van der Waals surface area contributed by atoms with Crippen LogP contribution in [-0.4, -0.2) is 54.8 Å². The summed E-state index contributed by atoms with van der Waals surface area (Å²) in [5, 5.41) is 23.8. The summed E-state index contributed by atoms with van der Waals surface area (Å²) in [5.74, 6) is -4.26. The molecule has 4 unspecified atom stereocenters. The van der Waals surface area contributed by atoms with Crippen LogP contribution in [0.1, 0.15) is 24.8 Å². The van der Waals surface area contributed by atoms with Crippen LogP contribution in [0.3, 0.4) is 0 Å². The van der Waals surface area contributed by atoms with E-state index < -0.39 is 35.7 Å². The van der Waals surface area contributed by atoms with E-state index >= 15 is 0 Å². The van der Waals surface area contributed by atoms with Crippen molar-refractivity contribution < 1.29 is 28.1 Å². The molecule has 0 radical (unpaired) electrons. The number of ether oxygens (including phenoxy) is 1. The fraction of sp³-hybridized carbons (Fsp3) is 0.417. The van der Waals surface area contributed by atoms with Crippen molar-refractivity contribution in [1.82, 2.24) is 5.32 Å². The third-order valence-electron chi connectivity index (χ3n) is 5.91. The molecule has 1 fully saturated rings. The molecule has 2 aromatic carbocycles. The Bertz CT molecular complexity index is 970. The Morgan fingerprint density at radius 3 is 2.50 bits per heavy atom. The van der Waals surface area contributed by atoms with Crippen molar-refractivity contribution in [2.24, 2.45) is 5.73 Å². The number of rotatable bonds is 9. The predicted octanol–water partition coefficient (Wildman–Crippen LogP) is 3.40. The number of aliphatic hydroxyl groups excluding tert-OH is 2. The van der Waals surface area contributed by atoms with E-state index in [0.29, 0.717) is 17.9 Å². The highest BCUT2D eigenvalue weighted by atomic mass is 35.5. The third-order valence-corrected chi connectivity index (χ3v) is 6.17. The van der Waals surface area contributed by atoms with Gasteiger partial charge in [-0.3, -0.25) is 0 Å². The lowest BCUT2D eigenvalue weighted by molar-refractivity contribution is -0.146. The number of hydrogen-bond donors (Lipinski definition) is 4. The minimum atomic E-state index is -1.57. The summed E-state index contributed by atoms with van der Waals surface area (Å²) >= 11 is 5.93. The monoisotopic (exact) mass is 499 g/mol. The number of benzene rings is 2. The van der Waals surface area contributed by atoms with Gasteiger partial charge in [-0.2, -0.15) is 0 Å². The molecule has 186 valence electrons. The molecule has 2 aromatic rings. The molecule has 0 saturated carbocycles. The molecule has 0 aliphatic carbocycles. The largest absolute Gasteiger partial charge is 0.397 e. The molecule has 0 bridgehead atoms. The maximum absolute atomic E-state index is 13.5. The average Bonchev–Trinajstić information content (AvgIpc) is 2.82. The molecule has 3 rings (SSSR count). The predicted molar refractivity (Wildman–Crippen MR) is 126 cm³/mol. The van der Waals surface area contributed by atoms with Crippen molar-refractivity contribution in [1.29, 1.82) is 0 Å². The first-order chi connectivity index (χ1) is 16.2. The lowest BCUT2D eigenvalue weighted by atomic mass is 9.93. The van der Waals surface area contributed by atoms with Crippen LogP contribution in [0.5, 0.6) is 0 Å². The van der Waals surface area contributed by atoms with Crippen LogP contribution in [0.2, 0.25) is 5.02 Å². The van der Waals surface area contributed by atoms with Crippen LogP contribution in [0.15, 0.2) is 42.6 Å². The van der Waals surface area contributed by atoms with E-state index in [1.807, 2.05) is 31.3 Å². The van der Waals surface area contributed by atoms with Gasteiger partial charge in [0.2, 0.25) is 0 Å². The van der Waals surface area contributed by atoms with Gasteiger partial charge < -0.3 is 30.9 Å². The van der Waals surface area contributed by atoms with E-state index in [4.69, 9.17) is 22.1 Å². The van der Waals surface area contributed by atoms with Gasteiger partial charge in [0.05, 0.1) is 24.4 Å². The number of anilines is 1. The van der Waals surface area contributed by atoms with E-state index in [1.54, 1.807) is 0 Å². The Balaban J connectivity index is 1.59. The SMILES string of the molecule is CN(CCCC1CC(N/C=C(\N)c2cc(F)c(F)c(F)c2)C(O)C(CO)O1)c1ccc(Cl)cc1. The topological polar surface area (TPSA) is 91.0 Å². The quantitative estimate of drug-likeness (QED) is 0.395. The second-order valence-electron chi connectivity index (χ2n) is 8.37. The third kappa shape index (κ3) is 6.56. The summed E-state index contributed by atoms with van der Waals surface area (Å²) in [4.78, 5) is 2.09. The smallest absolute Gasteiger partial charge is 0.194 e. The maximum Gasteiger partial charge on any atom is 0.194 e. The molecule has 1 aliphatic heterocycles. The van der Waals surface area contributed by atoms with Crippen LogP contribution in [0.25, 0.3) is 5.70 Å². The lowest BCUT2D eigenvalue weighted by Gasteiger charge is -2.39. The minimum Gasteiger partial charge on any atom is -0.397 e. The summed E-state index contributed by atoms with van der Waals surface area (Å²) in [6, 6.07) is 8.61. The molecule has 0 amide bonds. The summed E-state index contributed by atoms with van der Waals surface area (Å²) in [6.45, 7) is 0.397. The molecule has 1 aliphatic rings. The van der Waals surface area contributed by atoms with Gasteiger partial charge in [0.15, 0.2) is 17.5 Å². The van der Waals surface area contributed by atoms with Crippen molar-refractivity contribution in [2.45, 2.75) is 43.6 Å². The number of aliphatic hydroxyl groups is 2. The highest BCUT2D eigenvalue weighted by molar-refractivity contribution is 6.30. The first-order valence-electron chi connectivity index (χ1n) is 11.0. The molecule has 5 N–H and O–H groups in total. The fourth-order valence-corrected chi connectivity index (χ4v) is 4.08. The molecule has 0 aromatic heterocycles. The molecule has 1 saturated heterocycles. The van der Waals surface area contributed by atoms with Crippen LogP contribution in [-0.2, 0) is 4.74 Å². The Kier molecular flexibility index (Phi) is 9.07. The Morgan fingerprint density at radius 2 is 1.88 bits per heavy atom. The zero-order chi connectivity index (χ0) is 24.8. The van der Waals surface area contributed by atoms with Crippen LogP contribution >= 0.6 is 11.6 Å². The van der Waals surface area contributed by atoms with E-state index in [-0.39, 0.29) is 24.0 Å². The van der Waals surface area contributed by atoms with Crippen LogP contribution < -0.4 is 16.0 Å². The lowest BCUT2D eigenvalue weighted by Crippen LogP contribution is -2.54. The second-order valence-corrected chi connectivity index (χ2v) is 8.81. The van der Waals surface area contributed by atoms with Crippen molar-refractivity contribution >= 4 is 23.0 Å². The number of nitrogens with one attached hydrogen (secondary N) is 1. The Hall–Kier alpha value is -2.46. The second kappa shape index (κ2) is 11.8. The van der Waals surface area contributed by atoms with Gasteiger partial charge in [0, 0.05) is 36.1 Å². The minimum absolute atomic E-state index is 0.0295. The van der Waals surface area contributed by atoms with Gasteiger partial charge in [0.1, 0.15) is 12.2 Å². The standard InChI is InChI=1S/C24H29ClF3N3O3/c1-31(16-6-4-15(25)5-7-16)8-2-3-17-11-21(24(33)22(13-32)34-17)30-12-20(29)14-9-18(26)23(28)19(27)10-14/h4-7,9-10,12,17,21-22,24,30,32-33H,2-3,8,11,13,29H2,1H3/b20-12-. The summed E-state index contributed by atoms with van der Waals surface area (Å²) in [7, 11) is 1.98. The van der Waals surface area contributed by atoms with Crippen LogP contribution in [0.4, 0.5) is 18.9 Å². The Labute approximate surface area is 201 Å². The molecule has 0 spiro atoms. The molecular weight excluding hydrogens is 471 g/mol. The van der Waals surface area contributed by atoms with Gasteiger partial charge in [0.25, 0.3) is 0 Å². The van der Waals surface area contributed by atoms with Gasteiger partial charge in [-0.25, -0.2) is 13.2 Å². The summed E-state index contributed by atoms with van der Waals surface area (Å²) < 4.78 is 46.0.